The molecule has 154 valence electrons. The molecule has 0 spiro atoms. The van der Waals surface area contributed by atoms with Gasteiger partial charge in [0.15, 0.2) is 0 Å². The van der Waals surface area contributed by atoms with Crippen molar-refractivity contribution in [2.24, 2.45) is 5.92 Å². The molecule has 2 heteroatoms. The number of methoxy groups -OCH3 is 2. The first-order valence-corrected chi connectivity index (χ1v) is 11.1. The van der Waals surface area contributed by atoms with Gasteiger partial charge >= 0.3 is 0 Å². The highest BCUT2D eigenvalue weighted by Crippen LogP contribution is 2.50. The zero-order chi connectivity index (χ0) is 20.7. The third-order valence-electron chi connectivity index (χ3n) is 7.45. The fraction of sp³-hybridized carbons (Fsp3) is 0.357. The Morgan fingerprint density at radius 3 is 2.30 bits per heavy atom. The van der Waals surface area contributed by atoms with Crippen LogP contribution in [-0.2, 0) is 19.3 Å². The first kappa shape index (κ1) is 19.2. The van der Waals surface area contributed by atoms with E-state index in [0.717, 1.165) is 24.3 Å². The van der Waals surface area contributed by atoms with E-state index < -0.39 is 0 Å². The zero-order valence-corrected chi connectivity index (χ0v) is 18.2. The van der Waals surface area contributed by atoms with Crippen molar-refractivity contribution in [3.63, 3.8) is 0 Å². The minimum absolute atomic E-state index is 0.526. The second-order valence-electron chi connectivity index (χ2n) is 8.87. The molecule has 0 saturated heterocycles. The Morgan fingerprint density at radius 1 is 0.767 bits per heavy atom. The van der Waals surface area contributed by atoms with Crippen LogP contribution in [0.3, 0.4) is 0 Å². The molecule has 0 fully saturated rings. The molecule has 0 heterocycles. The van der Waals surface area contributed by atoms with Crippen LogP contribution in [0.15, 0.2) is 60.7 Å². The number of fused-ring (bicyclic) bond motifs is 4. The number of hydrogen-bond donors (Lipinski definition) is 0. The minimum Gasteiger partial charge on any atom is -0.497 e. The van der Waals surface area contributed by atoms with E-state index in [0.29, 0.717) is 17.8 Å². The van der Waals surface area contributed by atoms with Gasteiger partial charge in [-0.2, -0.15) is 0 Å². The Hall–Kier alpha value is -2.74. The van der Waals surface area contributed by atoms with Gasteiger partial charge in [0.05, 0.1) is 14.2 Å². The number of aryl methyl sites for hydroxylation is 2. The van der Waals surface area contributed by atoms with Crippen LogP contribution >= 0.6 is 0 Å². The van der Waals surface area contributed by atoms with Crippen molar-refractivity contribution in [1.82, 2.24) is 0 Å². The van der Waals surface area contributed by atoms with E-state index >= 15 is 0 Å². The summed E-state index contributed by atoms with van der Waals surface area (Å²) in [6.07, 6.45) is 4.63. The lowest BCUT2D eigenvalue weighted by Gasteiger charge is -2.40. The van der Waals surface area contributed by atoms with E-state index in [9.17, 15) is 0 Å². The first-order chi connectivity index (χ1) is 14.7. The van der Waals surface area contributed by atoms with Gasteiger partial charge in [-0.15, -0.1) is 0 Å². The lowest BCUT2D eigenvalue weighted by Crippen LogP contribution is -2.29. The summed E-state index contributed by atoms with van der Waals surface area (Å²) in [5.41, 5.74) is 8.96. The Kier molecular flexibility index (Phi) is 5.02. The predicted octanol–water partition coefficient (Wildman–Crippen LogP) is 6.24. The maximum absolute atomic E-state index is 5.61. The molecular formula is C28H30O2. The van der Waals surface area contributed by atoms with E-state index in [-0.39, 0.29) is 0 Å². The van der Waals surface area contributed by atoms with Gasteiger partial charge in [-0.3, -0.25) is 0 Å². The molecule has 0 N–H and O–H groups in total. The highest BCUT2D eigenvalue weighted by molar-refractivity contribution is 5.46. The first-order valence-electron chi connectivity index (χ1n) is 11.1. The summed E-state index contributed by atoms with van der Waals surface area (Å²) in [5.74, 6) is 3.60. The molecule has 0 radical (unpaired) electrons. The molecule has 3 atom stereocenters. The number of ether oxygens (including phenoxy) is 2. The predicted molar refractivity (Wildman–Crippen MR) is 122 cm³/mol. The Balaban J connectivity index is 1.62. The van der Waals surface area contributed by atoms with E-state index in [1.807, 2.05) is 0 Å². The normalized spacial score (nSPS) is 22.3. The summed E-state index contributed by atoms with van der Waals surface area (Å²) in [4.78, 5) is 0. The van der Waals surface area contributed by atoms with Crippen LogP contribution in [0, 0.1) is 12.8 Å². The molecular weight excluding hydrogens is 368 g/mol. The molecule has 3 aromatic rings. The second-order valence-corrected chi connectivity index (χ2v) is 8.87. The van der Waals surface area contributed by atoms with Crippen molar-refractivity contribution in [2.45, 2.75) is 44.4 Å². The molecule has 0 saturated carbocycles. The lowest BCUT2D eigenvalue weighted by molar-refractivity contribution is 0.308. The highest BCUT2D eigenvalue weighted by atomic mass is 16.5. The third-order valence-corrected chi connectivity index (χ3v) is 7.45. The molecule has 0 aliphatic heterocycles. The summed E-state index contributed by atoms with van der Waals surface area (Å²) in [7, 11) is 3.51. The molecule has 3 aromatic carbocycles. The highest BCUT2D eigenvalue weighted by Gasteiger charge is 2.39. The molecule has 5 rings (SSSR count). The van der Waals surface area contributed by atoms with Crippen LogP contribution in [0.5, 0.6) is 11.5 Å². The van der Waals surface area contributed by atoms with E-state index in [1.165, 1.54) is 35.1 Å². The van der Waals surface area contributed by atoms with E-state index in [4.69, 9.17) is 9.47 Å². The smallest absolute Gasteiger partial charge is 0.119 e. The van der Waals surface area contributed by atoms with E-state index in [2.05, 4.69) is 67.6 Å². The molecule has 30 heavy (non-hydrogen) atoms. The van der Waals surface area contributed by atoms with Gasteiger partial charge in [0.25, 0.3) is 0 Å². The topological polar surface area (TPSA) is 18.5 Å². The third kappa shape index (κ3) is 3.29. The molecule has 2 aliphatic carbocycles. The number of benzene rings is 3. The van der Waals surface area contributed by atoms with Gasteiger partial charge in [0.2, 0.25) is 0 Å². The average Bonchev–Trinajstić information content (AvgIpc) is 2.99. The molecule has 0 aromatic heterocycles. The van der Waals surface area contributed by atoms with Crippen molar-refractivity contribution < 1.29 is 9.47 Å². The largest absolute Gasteiger partial charge is 0.497 e. The molecule has 0 amide bonds. The summed E-state index contributed by atoms with van der Waals surface area (Å²) < 4.78 is 11.0. The Labute approximate surface area is 179 Å². The van der Waals surface area contributed by atoms with Gasteiger partial charge in [0, 0.05) is 0 Å². The maximum Gasteiger partial charge on any atom is 0.119 e. The van der Waals surface area contributed by atoms with Crippen LogP contribution < -0.4 is 9.47 Å². The van der Waals surface area contributed by atoms with Crippen LogP contribution in [-0.4, -0.2) is 14.2 Å². The average molecular weight is 399 g/mol. The van der Waals surface area contributed by atoms with Crippen LogP contribution in [0.1, 0.15) is 51.6 Å². The summed E-state index contributed by atoms with van der Waals surface area (Å²) >= 11 is 0. The fourth-order valence-corrected chi connectivity index (χ4v) is 5.84. The standard InChI is InChI=1S/C28H30O2/c1-18-5-4-6-19-10-14-24-26(20-7-11-22(29-2)12-8-20)15-21-9-13-23(30-3)16-27(21)28(24)17-25(18)19/h4-9,11-13,16,24,26,28H,10,14-15,17H2,1-3H3. The monoisotopic (exact) mass is 398 g/mol. The molecule has 2 nitrogen and oxygen atoms in total. The van der Waals surface area contributed by atoms with Gasteiger partial charge in [-0.25, -0.2) is 0 Å². The lowest BCUT2D eigenvalue weighted by atomic mass is 9.64. The Morgan fingerprint density at radius 2 is 1.53 bits per heavy atom. The Bertz CT molecular complexity index is 1050. The van der Waals surface area contributed by atoms with Crippen molar-refractivity contribution in [1.29, 1.82) is 0 Å². The summed E-state index contributed by atoms with van der Waals surface area (Å²) in [5, 5.41) is 0. The SMILES string of the molecule is COc1ccc(C2Cc3ccc(OC)cc3C3Cc4c(C)cccc4CCC23)cc1. The number of rotatable bonds is 3. The van der Waals surface area contributed by atoms with Crippen LogP contribution in [0.2, 0.25) is 0 Å². The quantitative estimate of drug-likeness (QED) is 0.520. The fourth-order valence-electron chi connectivity index (χ4n) is 5.84. The number of hydrogen-bond acceptors (Lipinski definition) is 2. The summed E-state index contributed by atoms with van der Waals surface area (Å²) in [6, 6.07) is 22.3. The van der Waals surface area contributed by atoms with Crippen molar-refractivity contribution in [3.05, 3.63) is 94.0 Å². The van der Waals surface area contributed by atoms with Gasteiger partial charge in [-0.05, 0) is 108 Å². The van der Waals surface area contributed by atoms with Crippen LogP contribution in [0.25, 0.3) is 0 Å². The zero-order valence-electron chi connectivity index (χ0n) is 18.2. The van der Waals surface area contributed by atoms with Crippen molar-refractivity contribution in [2.75, 3.05) is 14.2 Å². The molecule has 2 aliphatic rings. The van der Waals surface area contributed by atoms with Crippen LogP contribution in [0.4, 0.5) is 0 Å². The molecule has 3 unspecified atom stereocenters. The van der Waals surface area contributed by atoms with Crippen molar-refractivity contribution >= 4 is 0 Å². The van der Waals surface area contributed by atoms with Crippen molar-refractivity contribution in [3.8, 4) is 11.5 Å². The van der Waals surface area contributed by atoms with Gasteiger partial charge in [0.1, 0.15) is 11.5 Å². The second kappa shape index (κ2) is 7.83. The molecule has 0 bridgehead atoms. The summed E-state index contributed by atoms with van der Waals surface area (Å²) in [6.45, 7) is 2.27. The van der Waals surface area contributed by atoms with E-state index in [1.54, 1.807) is 25.3 Å². The van der Waals surface area contributed by atoms with Gasteiger partial charge < -0.3 is 9.47 Å². The minimum atomic E-state index is 0.526. The maximum atomic E-state index is 5.61. The van der Waals surface area contributed by atoms with Gasteiger partial charge in [-0.1, -0.05) is 36.4 Å².